The lowest BCUT2D eigenvalue weighted by atomic mass is 10.2. The molecule has 2 rings (SSSR count). The largest absolute Gasteiger partial charge is 0.468 e. The van der Waals surface area contributed by atoms with Crippen LogP contribution in [-0.2, 0) is 20.7 Å². The van der Waals surface area contributed by atoms with Gasteiger partial charge < -0.3 is 15.4 Å². The highest BCUT2D eigenvalue weighted by Crippen LogP contribution is 2.13. The van der Waals surface area contributed by atoms with Gasteiger partial charge in [0.1, 0.15) is 6.54 Å². The van der Waals surface area contributed by atoms with Crippen molar-refractivity contribution in [3.63, 3.8) is 0 Å². The first kappa shape index (κ1) is 17.7. The molecule has 7 heteroatoms. The zero-order valence-electron chi connectivity index (χ0n) is 13.2. The molecule has 0 saturated heterocycles. The van der Waals surface area contributed by atoms with Gasteiger partial charge in [0.05, 0.1) is 7.11 Å². The summed E-state index contributed by atoms with van der Waals surface area (Å²) in [5.41, 5.74) is 1.02. The number of thiophene rings is 1. The van der Waals surface area contributed by atoms with Crippen LogP contribution in [0.3, 0.4) is 0 Å². The topological polar surface area (TPSA) is 84.5 Å². The zero-order valence-corrected chi connectivity index (χ0v) is 14.0. The molecule has 2 N–H and O–H groups in total. The number of rotatable bonds is 7. The van der Waals surface area contributed by atoms with Gasteiger partial charge in [0, 0.05) is 22.5 Å². The second-order valence-electron chi connectivity index (χ2n) is 4.96. The lowest BCUT2D eigenvalue weighted by Gasteiger charge is -2.07. The molecule has 0 bridgehead atoms. The van der Waals surface area contributed by atoms with Crippen LogP contribution in [0.2, 0.25) is 0 Å². The molecule has 0 saturated carbocycles. The Morgan fingerprint density at radius 3 is 2.50 bits per heavy atom. The molecular weight excluding hydrogens is 328 g/mol. The fraction of sp³-hybridized carbons (Fsp3) is 0.235. The third kappa shape index (κ3) is 5.51. The summed E-state index contributed by atoms with van der Waals surface area (Å²) in [6.45, 7) is -0.184. The number of hydrogen-bond acceptors (Lipinski definition) is 5. The predicted molar refractivity (Wildman–Crippen MR) is 92.1 cm³/mol. The van der Waals surface area contributed by atoms with Crippen molar-refractivity contribution in [2.24, 2.45) is 0 Å². The van der Waals surface area contributed by atoms with Crippen molar-refractivity contribution in [3.05, 3.63) is 52.2 Å². The number of aryl methyl sites for hydroxylation is 1. The molecule has 2 aromatic rings. The van der Waals surface area contributed by atoms with Crippen LogP contribution < -0.4 is 10.6 Å². The minimum Gasteiger partial charge on any atom is -0.468 e. The molecule has 0 unspecified atom stereocenters. The van der Waals surface area contributed by atoms with Gasteiger partial charge >= 0.3 is 5.97 Å². The van der Waals surface area contributed by atoms with Crippen LogP contribution in [0, 0.1) is 0 Å². The molecule has 0 radical (unpaired) electrons. The zero-order chi connectivity index (χ0) is 17.4. The van der Waals surface area contributed by atoms with Gasteiger partial charge in [-0.1, -0.05) is 6.07 Å². The molecule has 24 heavy (non-hydrogen) atoms. The Kier molecular flexibility index (Phi) is 6.51. The van der Waals surface area contributed by atoms with Crippen LogP contribution in [0.15, 0.2) is 41.8 Å². The Morgan fingerprint density at radius 2 is 1.88 bits per heavy atom. The normalized spacial score (nSPS) is 10.0. The predicted octanol–water partition coefficient (Wildman–Crippen LogP) is 2.22. The van der Waals surface area contributed by atoms with E-state index in [9.17, 15) is 14.4 Å². The van der Waals surface area contributed by atoms with Gasteiger partial charge in [0.2, 0.25) is 5.91 Å². The average molecular weight is 346 g/mol. The van der Waals surface area contributed by atoms with Gasteiger partial charge in [-0.15, -0.1) is 11.3 Å². The summed E-state index contributed by atoms with van der Waals surface area (Å²) in [6, 6.07) is 10.4. The lowest BCUT2D eigenvalue weighted by Crippen LogP contribution is -2.30. The molecule has 2 amide bonds. The Hall–Kier alpha value is -2.67. The maximum atomic E-state index is 11.9. The standard InChI is InChI=1S/C17H18N2O4S/c1-23-16(21)11-18-17(22)12-4-6-13(7-5-12)19-15(20)9-8-14-3-2-10-24-14/h2-7,10H,8-9,11H2,1H3,(H,18,22)(H,19,20). The van der Waals surface area contributed by atoms with E-state index in [4.69, 9.17) is 0 Å². The quantitative estimate of drug-likeness (QED) is 0.753. The number of anilines is 1. The van der Waals surface area contributed by atoms with Crippen LogP contribution in [0.25, 0.3) is 0 Å². The SMILES string of the molecule is COC(=O)CNC(=O)c1ccc(NC(=O)CCc2cccs2)cc1. The third-order valence-corrected chi connectivity index (χ3v) is 4.17. The number of esters is 1. The number of benzene rings is 1. The Balaban J connectivity index is 1.81. The monoisotopic (exact) mass is 346 g/mol. The summed E-state index contributed by atoms with van der Waals surface area (Å²) < 4.78 is 4.45. The molecule has 1 heterocycles. The van der Waals surface area contributed by atoms with E-state index in [0.29, 0.717) is 24.1 Å². The number of carbonyl (C=O) groups is 3. The fourth-order valence-corrected chi connectivity index (χ4v) is 2.66. The molecule has 0 aliphatic heterocycles. The van der Waals surface area contributed by atoms with Crippen molar-refractivity contribution in [3.8, 4) is 0 Å². The molecule has 0 aliphatic carbocycles. The van der Waals surface area contributed by atoms with Gasteiger partial charge in [-0.25, -0.2) is 0 Å². The summed E-state index contributed by atoms with van der Waals surface area (Å²) in [6.07, 6.45) is 1.11. The molecule has 0 spiro atoms. The molecule has 1 aromatic carbocycles. The maximum Gasteiger partial charge on any atom is 0.325 e. The smallest absolute Gasteiger partial charge is 0.325 e. The van der Waals surface area contributed by atoms with Gasteiger partial charge in [0.15, 0.2) is 0 Å². The van der Waals surface area contributed by atoms with Gasteiger partial charge in [-0.05, 0) is 42.1 Å². The Morgan fingerprint density at radius 1 is 1.12 bits per heavy atom. The van der Waals surface area contributed by atoms with Crippen molar-refractivity contribution in [1.29, 1.82) is 0 Å². The van der Waals surface area contributed by atoms with E-state index in [2.05, 4.69) is 15.4 Å². The third-order valence-electron chi connectivity index (χ3n) is 3.23. The molecular formula is C17H18N2O4S. The number of ether oxygens (including phenoxy) is 1. The molecule has 6 nitrogen and oxygen atoms in total. The van der Waals surface area contributed by atoms with Gasteiger partial charge in [0.25, 0.3) is 5.91 Å². The highest BCUT2D eigenvalue weighted by Gasteiger charge is 2.09. The van der Waals surface area contributed by atoms with Crippen molar-refractivity contribution < 1.29 is 19.1 Å². The van der Waals surface area contributed by atoms with Crippen molar-refractivity contribution in [2.75, 3.05) is 19.0 Å². The van der Waals surface area contributed by atoms with E-state index in [1.54, 1.807) is 35.6 Å². The molecule has 0 aliphatic rings. The number of methoxy groups -OCH3 is 1. The average Bonchev–Trinajstić information content (AvgIpc) is 3.11. The second kappa shape index (κ2) is 8.83. The maximum absolute atomic E-state index is 11.9. The summed E-state index contributed by atoms with van der Waals surface area (Å²) in [7, 11) is 1.25. The highest BCUT2D eigenvalue weighted by molar-refractivity contribution is 7.09. The summed E-state index contributed by atoms with van der Waals surface area (Å²) in [4.78, 5) is 35.9. The molecule has 126 valence electrons. The molecule has 0 fully saturated rings. The molecule has 0 atom stereocenters. The number of carbonyl (C=O) groups excluding carboxylic acids is 3. The van der Waals surface area contributed by atoms with Crippen molar-refractivity contribution >= 4 is 34.8 Å². The van der Waals surface area contributed by atoms with Crippen LogP contribution in [0.4, 0.5) is 5.69 Å². The van der Waals surface area contributed by atoms with E-state index < -0.39 is 5.97 Å². The fourth-order valence-electron chi connectivity index (χ4n) is 1.95. The number of nitrogens with one attached hydrogen (secondary N) is 2. The summed E-state index contributed by atoms with van der Waals surface area (Å²) >= 11 is 1.63. The van der Waals surface area contributed by atoms with Crippen LogP contribution >= 0.6 is 11.3 Å². The first-order valence-electron chi connectivity index (χ1n) is 7.36. The van der Waals surface area contributed by atoms with Crippen LogP contribution in [0.1, 0.15) is 21.7 Å². The first-order valence-corrected chi connectivity index (χ1v) is 8.24. The summed E-state index contributed by atoms with van der Waals surface area (Å²) in [5, 5.41) is 7.22. The summed E-state index contributed by atoms with van der Waals surface area (Å²) in [5.74, 6) is -0.972. The van der Waals surface area contributed by atoms with E-state index in [-0.39, 0.29) is 18.4 Å². The van der Waals surface area contributed by atoms with Crippen LogP contribution in [-0.4, -0.2) is 31.4 Å². The first-order chi connectivity index (χ1) is 11.6. The number of hydrogen-bond donors (Lipinski definition) is 2. The van der Waals surface area contributed by atoms with Crippen molar-refractivity contribution in [2.45, 2.75) is 12.8 Å². The van der Waals surface area contributed by atoms with Gasteiger partial charge in [-0.3, -0.25) is 14.4 Å². The van der Waals surface area contributed by atoms with E-state index >= 15 is 0 Å². The minimum absolute atomic E-state index is 0.0775. The lowest BCUT2D eigenvalue weighted by molar-refractivity contribution is -0.139. The second-order valence-corrected chi connectivity index (χ2v) is 6.00. The highest BCUT2D eigenvalue weighted by atomic mass is 32.1. The molecule has 1 aromatic heterocycles. The Labute approximate surface area is 143 Å². The van der Waals surface area contributed by atoms with Crippen molar-refractivity contribution in [1.82, 2.24) is 5.32 Å². The van der Waals surface area contributed by atoms with E-state index in [0.717, 1.165) is 0 Å². The van der Waals surface area contributed by atoms with E-state index in [1.807, 2.05) is 17.5 Å². The number of amides is 2. The Bertz CT molecular complexity index is 696. The minimum atomic E-state index is -0.516. The van der Waals surface area contributed by atoms with E-state index in [1.165, 1.54) is 12.0 Å². The van der Waals surface area contributed by atoms with Gasteiger partial charge in [-0.2, -0.15) is 0 Å². The van der Waals surface area contributed by atoms with Crippen LogP contribution in [0.5, 0.6) is 0 Å².